The Hall–Kier alpha value is -3.63. The van der Waals surface area contributed by atoms with E-state index in [1.54, 1.807) is 0 Å². The van der Waals surface area contributed by atoms with Crippen LogP contribution in [0.5, 0.6) is 0 Å². The summed E-state index contributed by atoms with van der Waals surface area (Å²) in [7, 11) is 0. The van der Waals surface area contributed by atoms with Crippen LogP contribution in [0, 0.1) is 0 Å². The molecule has 5 rings (SSSR count). The fourth-order valence-electron chi connectivity index (χ4n) is 4.62. The van der Waals surface area contributed by atoms with Gasteiger partial charge in [-0.05, 0) is 51.1 Å². The molecule has 0 radical (unpaired) electrons. The van der Waals surface area contributed by atoms with Gasteiger partial charge in [0.1, 0.15) is 0 Å². The number of rotatable bonds is 3. The number of hydrogen-bond acceptors (Lipinski definition) is 1. The summed E-state index contributed by atoms with van der Waals surface area (Å²) in [6.45, 7) is 0. The highest BCUT2D eigenvalue weighted by molar-refractivity contribution is 6.08. The summed E-state index contributed by atoms with van der Waals surface area (Å²) in [6, 6.07) is 32.6. The summed E-state index contributed by atoms with van der Waals surface area (Å²) in [6.07, 6.45) is -4.45. The summed E-state index contributed by atoms with van der Waals surface area (Å²) < 4.78 is 41.0. The Morgan fingerprint density at radius 3 is 1.72 bits per heavy atom. The van der Waals surface area contributed by atoms with Gasteiger partial charge in [-0.2, -0.15) is 13.2 Å². The van der Waals surface area contributed by atoms with Crippen LogP contribution in [0.4, 0.5) is 13.2 Å². The average Bonchev–Trinajstić information content (AvgIpc) is 3.09. The molecule has 1 nitrogen and oxygen atoms in total. The van der Waals surface area contributed by atoms with Crippen LogP contribution >= 0.6 is 0 Å². The zero-order valence-electron chi connectivity index (χ0n) is 17.1. The largest absolute Gasteiger partial charge is 0.416 e. The van der Waals surface area contributed by atoms with E-state index in [0.717, 1.165) is 33.9 Å². The maximum atomic E-state index is 13.7. The van der Waals surface area contributed by atoms with E-state index >= 15 is 0 Å². The second-order valence-corrected chi connectivity index (χ2v) is 7.91. The minimum Gasteiger partial charge on any atom is -0.314 e. The summed E-state index contributed by atoms with van der Waals surface area (Å²) in [5, 5.41) is 0. The summed E-state index contributed by atoms with van der Waals surface area (Å²) in [4.78, 5) is 0. The van der Waals surface area contributed by atoms with Crippen molar-refractivity contribution in [2.45, 2.75) is 11.7 Å². The van der Waals surface area contributed by atoms with Gasteiger partial charge >= 0.3 is 6.18 Å². The quantitative estimate of drug-likeness (QED) is 0.379. The third kappa shape index (κ3) is 3.15. The number of benzene rings is 4. The topological polar surface area (TPSA) is 26.0 Å². The zero-order chi connectivity index (χ0) is 22.3. The lowest BCUT2D eigenvalue weighted by Crippen LogP contribution is -2.37. The van der Waals surface area contributed by atoms with Gasteiger partial charge in [-0.25, -0.2) is 0 Å². The number of alkyl halides is 3. The van der Waals surface area contributed by atoms with Gasteiger partial charge in [-0.15, -0.1) is 0 Å². The monoisotopic (exact) mass is 427 g/mol. The van der Waals surface area contributed by atoms with Gasteiger partial charge in [0.15, 0.2) is 0 Å². The Labute approximate surface area is 184 Å². The van der Waals surface area contributed by atoms with E-state index < -0.39 is 17.3 Å². The minimum absolute atomic E-state index is 0.510. The second-order valence-electron chi connectivity index (χ2n) is 7.91. The molecular formula is C28H20F3N. The first kappa shape index (κ1) is 20.3. The fourth-order valence-corrected chi connectivity index (χ4v) is 4.62. The number of hydrogen-bond donors (Lipinski definition) is 1. The van der Waals surface area contributed by atoms with Crippen molar-refractivity contribution in [1.29, 1.82) is 0 Å². The molecule has 1 unspecified atom stereocenters. The average molecular weight is 427 g/mol. The Balaban J connectivity index is 1.93. The Morgan fingerprint density at radius 1 is 0.625 bits per heavy atom. The predicted molar refractivity (Wildman–Crippen MR) is 122 cm³/mol. The van der Waals surface area contributed by atoms with Crippen LogP contribution in [0.2, 0.25) is 0 Å². The van der Waals surface area contributed by atoms with E-state index in [0.29, 0.717) is 11.1 Å². The molecule has 0 heterocycles. The molecule has 0 aromatic heterocycles. The van der Waals surface area contributed by atoms with Crippen molar-refractivity contribution in [1.82, 2.24) is 0 Å². The summed E-state index contributed by atoms with van der Waals surface area (Å²) in [5.41, 5.74) is 10.7. The van der Waals surface area contributed by atoms with Gasteiger partial charge in [0.05, 0.1) is 11.1 Å². The Bertz CT molecular complexity index is 1290. The van der Waals surface area contributed by atoms with Gasteiger partial charge in [-0.1, -0.05) is 97.1 Å². The molecule has 0 bridgehead atoms. The van der Waals surface area contributed by atoms with E-state index in [9.17, 15) is 13.2 Å². The highest BCUT2D eigenvalue weighted by Crippen LogP contribution is 2.54. The third-order valence-corrected chi connectivity index (χ3v) is 6.04. The molecule has 1 atom stereocenters. The van der Waals surface area contributed by atoms with E-state index in [-0.39, 0.29) is 0 Å². The van der Waals surface area contributed by atoms with Crippen LogP contribution in [-0.2, 0) is 11.7 Å². The fraction of sp³-hybridized carbons (Fsp3) is 0.0714. The standard InChI is InChI=1S/C28H20F3N/c29-28(30,31)22-16-17-24-23(18-22)25(19-10-4-1-5-11-19)26(20-12-6-2-7-13-20)27(24,32)21-14-8-3-9-15-21/h1-18H,32H2. The molecule has 0 saturated heterocycles. The first-order chi connectivity index (χ1) is 15.4. The molecule has 0 aliphatic heterocycles. The number of halogens is 3. The Morgan fingerprint density at radius 2 is 1.16 bits per heavy atom. The lowest BCUT2D eigenvalue weighted by molar-refractivity contribution is -0.137. The molecule has 158 valence electrons. The highest BCUT2D eigenvalue weighted by atomic mass is 19.4. The number of nitrogens with two attached hydrogens (primary N) is 1. The molecule has 2 N–H and O–H groups in total. The highest BCUT2D eigenvalue weighted by Gasteiger charge is 2.45. The van der Waals surface area contributed by atoms with E-state index in [4.69, 9.17) is 5.73 Å². The van der Waals surface area contributed by atoms with E-state index in [1.165, 1.54) is 12.1 Å². The molecule has 4 aromatic rings. The van der Waals surface area contributed by atoms with E-state index in [2.05, 4.69) is 0 Å². The van der Waals surface area contributed by atoms with Crippen LogP contribution in [0.3, 0.4) is 0 Å². The normalized spacial score (nSPS) is 18.0. The predicted octanol–water partition coefficient (Wildman–Crippen LogP) is 6.88. The molecule has 32 heavy (non-hydrogen) atoms. The van der Waals surface area contributed by atoms with Gasteiger partial charge < -0.3 is 5.73 Å². The Kier molecular flexibility index (Phi) is 4.75. The molecule has 4 aromatic carbocycles. The maximum absolute atomic E-state index is 13.7. The zero-order valence-corrected chi connectivity index (χ0v) is 17.1. The molecule has 0 saturated carbocycles. The molecule has 0 fully saturated rings. The molecular weight excluding hydrogens is 407 g/mol. The summed E-state index contributed by atoms with van der Waals surface area (Å²) >= 11 is 0. The van der Waals surface area contributed by atoms with E-state index in [1.807, 2.05) is 91.0 Å². The third-order valence-electron chi connectivity index (χ3n) is 6.04. The van der Waals surface area contributed by atoms with Crippen molar-refractivity contribution in [3.8, 4) is 0 Å². The molecule has 1 aliphatic carbocycles. The molecule has 1 aliphatic rings. The minimum atomic E-state index is -4.45. The number of fused-ring (bicyclic) bond motifs is 1. The van der Waals surface area contributed by atoms with Crippen LogP contribution in [0.15, 0.2) is 109 Å². The van der Waals surface area contributed by atoms with Gasteiger partial charge in [0.25, 0.3) is 0 Å². The smallest absolute Gasteiger partial charge is 0.314 e. The lowest BCUT2D eigenvalue weighted by Gasteiger charge is -2.31. The molecule has 0 amide bonds. The van der Waals surface area contributed by atoms with Crippen LogP contribution in [0.1, 0.15) is 33.4 Å². The molecule has 0 spiro atoms. The first-order valence-corrected chi connectivity index (χ1v) is 10.3. The van der Waals surface area contributed by atoms with Crippen LogP contribution in [0.25, 0.3) is 11.1 Å². The lowest BCUT2D eigenvalue weighted by atomic mass is 9.77. The van der Waals surface area contributed by atoms with Crippen molar-refractivity contribution in [2.24, 2.45) is 5.73 Å². The van der Waals surface area contributed by atoms with Crippen molar-refractivity contribution < 1.29 is 13.2 Å². The SMILES string of the molecule is NC1(c2ccccc2)C(c2ccccc2)=C(c2ccccc2)c2cc(C(F)(F)F)ccc21. The van der Waals surface area contributed by atoms with Gasteiger partial charge in [0, 0.05) is 0 Å². The first-order valence-electron chi connectivity index (χ1n) is 10.3. The second kappa shape index (κ2) is 7.50. The van der Waals surface area contributed by atoms with Gasteiger partial charge in [0.2, 0.25) is 0 Å². The van der Waals surface area contributed by atoms with Crippen molar-refractivity contribution in [3.05, 3.63) is 143 Å². The summed E-state index contributed by atoms with van der Waals surface area (Å²) in [5.74, 6) is 0. The van der Waals surface area contributed by atoms with Crippen LogP contribution < -0.4 is 5.73 Å². The maximum Gasteiger partial charge on any atom is 0.416 e. The molecule has 4 heteroatoms. The van der Waals surface area contributed by atoms with Crippen molar-refractivity contribution >= 4 is 11.1 Å². The van der Waals surface area contributed by atoms with Crippen molar-refractivity contribution in [2.75, 3.05) is 0 Å². The van der Waals surface area contributed by atoms with Crippen molar-refractivity contribution in [3.63, 3.8) is 0 Å². The van der Waals surface area contributed by atoms with Gasteiger partial charge in [-0.3, -0.25) is 0 Å². The van der Waals surface area contributed by atoms with Crippen LogP contribution in [-0.4, -0.2) is 0 Å².